The Morgan fingerprint density at radius 2 is 1.27 bits per heavy atom. The fourth-order valence-electron chi connectivity index (χ4n) is 13.2. The third kappa shape index (κ3) is 6.15. The van der Waals surface area contributed by atoms with Crippen LogP contribution in [0.5, 0.6) is 0 Å². The van der Waals surface area contributed by atoms with Crippen molar-refractivity contribution < 1.29 is 0 Å². The largest absolute Gasteiger partial charge is 0.311 e. The van der Waals surface area contributed by atoms with Crippen LogP contribution in [0.15, 0.2) is 211 Å². The van der Waals surface area contributed by atoms with Gasteiger partial charge in [-0.3, -0.25) is 0 Å². The monoisotopic (exact) mass is 860 g/mol. The van der Waals surface area contributed by atoms with Crippen LogP contribution in [0, 0.1) is 5.92 Å². The number of allylic oxidation sites excluding steroid dienone is 6. The average molecular weight is 861 g/mol. The molecule has 0 amide bonds. The maximum absolute atomic E-state index is 2.69. The average Bonchev–Trinajstić information content (AvgIpc) is 3.99. The predicted octanol–water partition coefficient (Wildman–Crippen LogP) is 16.9. The highest BCUT2D eigenvalue weighted by atomic mass is 15.2. The van der Waals surface area contributed by atoms with Crippen molar-refractivity contribution >= 4 is 56.4 Å². The highest BCUT2D eigenvalue weighted by molar-refractivity contribution is 6.04. The van der Waals surface area contributed by atoms with E-state index in [1.54, 1.807) is 11.1 Å². The summed E-state index contributed by atoms with van der Waals surface area (Å²) in [6.07, 6.45) is 26.6. The van der Waals surface area contributed by atoms with Gasteiger partial charge in [-0.1, -0.05) is 171 Å². The summed E-state index contributed by atoms with van der Waals surface area (Å²) >= 11 is 0. The van der Waals surface area contributed by atoms with Crippen LogP contribution in [0.2, 0.25) is 0 Å². The summed E-state index contributed by atoms with van der Waals surface area (Å²) in [6, 6.07) is 61.7. The standard InChI is InChI=1S/C65H52N2/c1-7-19-61-48(13-1)39-49-14-2-8-20-62(49)66(61)52-30-28-45-38-47(27-26-46(45)41-52)55-33-29-44(54-17-5-6-18-56(54)55)25-23-43-24-32-57-58-34-31-53(42-60(58)65(59(57)37-43)35-11-12-36-65)67-63-21-9-3-15-50(63)40-51-16-4-10-22-64(51)67/h1-3,5-10,13-15,17-34,37-38,41-42,58,60H,4,11-12,16,35-36,39-40H2/b25-23+. The molecule has 1 saturated carbocycles. The molecule has 0 aromatic heterocycles. The molecule has 2 heterocycles. The van der Waals surface area contributed by atoms with Gasteiger partial charge in [0.05, 0.1) is 0 Å². The van der Waals surface area contributed by atoms with Crippen LogP contribution < -0.4 is 9.80 Å². The number of nitrogens with zero attached hydrogens (tertiary/aromatic N) is 2. The van der Waals surface area contributed by atoms with E-state index in [0.29, 0.717) is 11.8 Å². The van der Waals surface area contributed by atoms with Crippen molar-refractivity contribution in [2.45, 2.75) is 62.7 Å². The molecule has 0 N–H and O–H groups in total. The molecular formula is C65H52N2. The Morgan fingerprint density at radius 3 is 2.07 bits per heavy atom. The molecule has 0 bridgehead atoms. The minimum absolute atomic E-state index is 0.176. The van der Waals surface area contributed by atoms with Gasteiger partial charge >= 0.3 is 0 Å². The van der Waals surface area contributed by atoms with E-state index in [0.717, 1.165) is 25.7 Å². The molecule has 2 heteroatoms. The zero-order chi connectivity index (χ0) is 44.1. The van der Waals surface area contributed by atoms with Gasteiger partial charge in [0.25, 0.3) is 0 Å². The molecule has 8 aromatic carbocycles. The normalized spacial score (nSPS) is 19.7. The summed E-state index contributed by atoms with van der Waals surface area (Å²) < 4.78 is 0. The van der Waals surface area contributed by atoms with Crippen molar-refractivity contribution in [3.8, 4) is 11.1 Å². The zero-order valence-corrected chi connectivity index (χ0v) is 37.8. The van der Waals surface area contributed by atoms with Gasteiger partial charge in [0.2, 0.25) is 0 Å². The van der Waals surface area contributed by atoms with E-state index in [9.17, 15) is 0 Å². The van der Waals surface area contributed by atoms with E-state index >= 15 is 0 Å². The van der Waals surface area contributed by atoms with Gasteiger partial charge in [0.15, 0.2) is 0 Å². The van der Waals surface area contributed by atoms with Crippen LogP contribution in [0.3, 0.4) is 0 Å². The fraction of sp³-hybridized carbons (Fsp3) is 0.169. The summed E-state index contributed by atoms with van der Waals surface area (Å²) in [5.41, 5.74) is 21.9. The lowest BCUT2D eigenvalue weighted by Gasteiger charge is -2.40. The molecule has 322 valence electrons. The Labute approximate surface area is 394 Å². The molecule has 2 aliphatic heterocycles. The van der Waals surface area contributed by atoms with E-state index in [-0.39, 0.29) is 5.41 Å². The Morgan fingerprint density at radius 1 is 0.567 bits per heavy atom. The first-order valence-electron chi connectivity index (χ1n) is 24.7. The Kier molecular flexibility index (Phi) is 8.88. The summed E-state index contributed by atoms with van der Waals surface area (Å²) in [6.45, 7) is 0. The molecule has 1 spiro atoms. The maximum Gasteiger partial charge on any atom is 0.0497 e. The Balaban J connectivity index is 0.774. The van der Waals surface area contributed by atoms with E-state index in [4.69, 9.17) is 0 Å². The van der Waals surface area contributed by atoms with Gasteiger partial charge in [-0.2, -0.15) is 0 Å². The Bertz CT molecular complexity index is 3470. The van der Waals surface area contributed by atoms with Crippen molar-refractivity contribution in [3.63, 3.8) is 0 Å². The van der Waals surface area contributed by atoms with Crippen molar-refractivity contribution in [2.24, 2.45) is 5.92 Å². The lowest BCUT2D eigenvalue weighted by Crippen LogP contribution is -2.33. The first kappa shape index (κ1) is 38.8. The molecule has 1 fully saturated rings. The second kappa shape index (κ2) is 15.3. The van der Waals surface area contributed by atoms with Crippen molar-refractivity contribution in [3.05, 3.63) is 250 Å². The molecular weight excluding hydrogens is 809 g/mol. The zero-order valence-electron chi connectivity index (χ0n) is 37.8. The van der Waals surface area contributed by atoms with Crippen molar-refractivity contribution in [1.29, 1.82) is 0 Å². The van der Waals surface area contributed by atoms with Gasteiger partial charge in [-0.25, -0.2) is 0 Å². The van der Waals surface area contributed by atoms with Gasteiger partial charge in [-0.15, -0.1) is 0 Å². The van der Waals surface area contributed by atoms with E-state index in [1.165, 1.54) is 126 Å². The summed E-state index contributed by atoms with van der Waals surface area (Å²) in [4.78, 5) is 5.03. The minimum Gasteiger partial charge on any atom is -0.311 e. The highest BCUT2D eigenvalue weighted by Crippen LogP contribution is 2.61. The molecule has 0 radical (unpaired) electrons. The molecule has 2 nitrogen and oxygen atoms in total. The summed E-state index contributed by atoms with van der Waals surface area (Å²) in [5.74, 6) is 0.886. The molecule has 8 aromatic rings. The first-order valence-corrected chi connectivity index (χ1v) is 24.7. The van der Waals surface area contributed by atoms with Crippen LogP contribution in [0.4, 0.5) is 22.7 Å². The van der Waals surface area contributed by atoms with Crippen molar-refractivity contribution in [2.75, 3.05) is 9.80 Å². The summed E-state index contributed by atoms with van der Waals surface area (Å²) in [5, 5.41) is 5.05. The maximum atomic E-state index is 2.69. The van der Waals surface area contributed by atoms with Crippen LogP contribution in [0.25, 0.3) is 44.8 Å². The number of para-hydroxylation sites is 3. The lowest BCUT2D eigenvalue weighted by molar-refractivity contribution is 0.335. The van der Waals surface area contributed by atoms with E-state index in [1.807, 2.05) is 0 Å². The van der Waals surface area contributed by atoms with E-state index in [2.05, 4.69) is 216 Å². The molecule has 2 atom stereocenters. The van der Waals surface area contributed by atoms with E-state index < -0.39 is 0 Å². The van der Waals surface area contributed by atoms with Crippen LogP contribution in [-0.4, -0.2) is 0 Å². The van der Waals surface area contributed by atoms with Crippen LogP contribution in [-0.2, 0) is 18.3 Å². The van der Waals surface area contributed by atoms with Crippen molar-refractivity contribution in [1.82, 2.24) is 0 Å². The number of anilines is 4. The second-order valence-corrected chi connectivity index (χ2v) is 19.9. The molecule has 14 rings (SSSR count). The number of hydrogen-bond donors (Lipinski definition) is 0. The number of benzene rings is 8. The third-order valence-corrected chi connectivity index (χ3v) is 16.4. The lowest BCUT2D eigenvalue weighted by atomic mass is 9.69. The molecule has 4 aliphatic carbocycles. The first-order chi connectivity index (χ1) is 33.2. The molecule has 67 heavy (non-hydrogen) atoms. The molecule has 2 unspecified atom stereocenters. The smallest absolute Gasteiger partial charge is 0.0497 e. The molecule has 6 aliphatic rings. The molecule has 0 saturated heterocycles. The number of fused-ring (bicyclic) bond motifs is 10. The van der Waals surface area contributed by atoms with Crippen LogP contribution >= 0.6 is 0 Å². The number of hydrogen-bond acceptors (Lipinski definition) is 2. The fourth-order valence-corrected chi connectivity index (χ4v) is 13.2. The minimum atomic E-state index is 0.176. The Hall–Kier alpha value is -7.42. The highest BCUT2D eigenvalue weighted by Gasteiger charge is 2.52. The van der Waals surface area contributed by atoms with Gasteiger partial charge < -0.3 is 9.80 Å². The second-order valence-electron chi connectivity index (χ2n) is 19.9. The topological polar surface area (TPSA) is 6.48 Å². The van der Waals surface area contributed by atoms with Gasteiger partial charge in [0.1, 0.15) is 0 Å². The summed E-state index contributed by atoms with van der Waals surface area (Å²) in [7, 11) is 0. The van der Waals surface area contributed by atoms with Gasteiger partial charge in [-0.05, 0) is 164 Å². The predicted molar refractivity (Wildman–Crippen MR) is 281 cm³/mol. The third-order valence-electron chi connectivity index (χ3n) is 16.4. The quantitative estimate of drug-likeness (QED) is 0.159. The SMILES string of the molecule is C1=CC2=C(CC1)Cc1ccccc1N2C1=CC2C(C=C1)c1ccc(/C=C/c3ccc(-c4ccc5cc(N6c7ccccc7Cc7ccccc76)ccc5c4)c4ccccc34)cc1C21CCCC1. The number of rotatable bonds is 5. The van der Waals surface area contributed by atoms with Crippen LogP contribution in [0.1, 0.15) is 83.4 Å². The van der Waals surface area contributed by atoms with Gasteiger partial charge in [0, 0.05) is 51.9 Å².